The number of anilines is 1. The molecule has 3 heterocycles. The second kappa shape index (κ2) is 11.6. The Morgan fingerprint density at radius 1 is 1.09 bits per heavy atom. The first-order valence-corrected chi connectivity index (χ1v) is 14.1. The molecular weight excluding hydrogens is 559 g/mol. The van der Waals surface area contributed by atoms with Gasteiger partial charge in [-0.05, 0) is 37.7 Å². The zero-order valence-electron chi connectivity index (χ0n) is 23.7. The molecule has 3 aromatic heterocycles. The van der Waals surface area contributed by atoms with Crippen LogP contribution in [0.15, 0.2) is 36.8 Å². The smallest absolute Gasteiger partial charge is 0.434 e. The van der Waals surface area contributed by atoms with Crippen LogP contribution in [0.5, 0.6) is 5.88 Å². The van der Waals surface area contributed by atoms with E-state index in [4.69, 9.17) is 20.0 Å². The molecule has 0 saturated heterocycles. The maximum absolute atomic E-state index is 13.1. The summed E-state index contributed by atoms with van der Waals surface area (Å²) in [4.78, 5) is 22.6. The molecule has 1 aromatic carbocycles. The van der Waals surface area contributed by atoms with Crippen LogP contribution in [-0.2, 0) is 32.6 Å². The quantitative estimate of drug-likeness (QED) is 0.264. The number of nitrogens with one attached hydrogen (secondary N) is 2. The number of halogens is 3. The van der Waals surface area contributed by atoms with E-state index in [0.29, 0.717) is 47.5 Å². The summed E-state index contributed by atoms with van der Waals surface area (Å²) in [5, 5.41) is 15.8. The third kappa shape index (κ3) is 6.01. The molecule has 1 atom stereocenters. The Morgan fingerprint density at radius 3 is 2.56 bits per heavy atom. The molecule has 1 fully saturated rings. The summed E-state index contributed by atoms with van der Waals surface area (Å²) in [5.41, 5.74) is 4.09. The van der Waals surface area contributed by atoms with Gasteiger partial charge in [-0.25, -0.2) is 24.9 Å². The minimum Gasteiger partial charge on any atom is -0.480 e. The van der Waals surface area contributed by atoms with Crippen molar-refractivity contribution in [3.05, 3.63) is 65.0 Å². The van der Waals surface area contributed by atoms with Crippen molar-refractivity contribution < 1.29 is 17.9 Å². The number of aromatic nitrogens is 6. The van der Waals surface area contributed by atoms with Gasteiger partial charge in [0.1, 0.15) is 23.5 Å². The second-order valence-electron chi connectivity index (χ2n) is 10.8. The van der Waals surface area contributed by atoms with Crippen LogP contribution >= 0.6 is 0 Å². The number of fused-ring (bicyclic) bond motifs is 1. The van der Waals surface area contributed by atoms with Crippen molar-refractivity contribution in [2.45, 2.75) is 56.8 Å². The molecule has 4 aromatic rings. The van der Waals surface area contributed by atoms with Crippen molar-refractivity contribution in [3.8, 4) is 34.7 Å². The van der Waals surface area contributed by atoms with E-state index in [1.54, 1.807) is 26.3 Å². The van der Waals surface area contributed by atoms with E-state index < -0.39 is 11.9 Å². The average molecular weight is 590 g/mol. The van der Waals surface area contributed by atoms with Crippen LogP contribution in [0.1, 0.15) is 53.4 Å². The van der Waals surface area contributed by atoms with Gasteiger partial charge in [0, 0.05) is 48.6 Å². The van der Waals surface area contributed by atoms with E-state index in [2.05, 4.69) is 31.7 Å². The zero-order chi connectivity index (χ0) is 30.1. The monoisotopic (exact) mass is 589 g/mol. The van der Waals surface area contributed by atoms with Gasteiger partial charge >= 0.3 is 6.18 Å². The first-order valence-electron chi connectivity index (χ1n) is 14.1. The Kier molecular flexibility index (Phi) is 7.70. The third-order valence-electron chi connectivity index (χ3n) is 7.80. The summed E-state index contributed by atoms with van der Waals surface area (Å²) < 4.78 is 46.4. The highest BCUT2D eigenvalue weighted by Gasteiger charge is 2.35. The lowest BCUT2D eigenvalue weighted by atomic mass is 9.91. The molecule has 0 radical (unpaired) electrons. The van der Waals surface area contributed by atoms with Crippen LogP contribution < -0.4 is 15.4 Å². The number of benzene rings is 1. The van der Waals surface area contributed by atoms with Gasteiger partial charge in [0.05, 0.1) is 25.4 Å². The SMILES string of the molecule is COc1ncnc(C2CC2)c1-c1nc2c(c(NCc3ccc(-c4nc(C(F)(F)F)cn4C)cc3)n1)CC(NCC#N)CC2. The van der Waals surface area contributed by atoms with Crippen molar-refractivity contribution in [2.24, 2.45) is 7.05 Å². The summed E-state index contributed by atoms with van der Waals surface area (Å²) in [5.74, 6) is 2.19. The van der Waals surface area contributed by atoms with Crippen LogP contribution in [0.4, 0.5) is 19.0 Å². The predicted octanol–water partition coefficient (Wildman–Crippen LogP) is 4.82. The minimum atomic E-state index is -4.51. The lowest BCUT2D eigenvalue weighted by Gasteiger charge is -2.27. The number of rotatable bonds is 9. The number of alkyl halides is 3. The van der Waals surface area contributed by atoms with Gasteiger partial charge in [-0.2, -0.15) is 18.4 Å². The van der Waals surface area contributed by atoms with Gasteiger partial charge in [0.25, 0.3) is 0 Å². The number of nitrogens with zero attached hydrogens (tertiary/aromatic N) is 7. The normalized spacial score (nSPS) is 16.4. The molecule has 0 spiro atoms. The Balaban J connectivity index is 1.30. The zero-order valence-corrected chi connectivity index (χ0v) is 23.7. The number of hydrogen-bond donors (Lipinski definition) is 2. The maximum atomic E-state index is 13.1. The first-order chi connectivity index (χ1) is 20.7. The molecule has 43 heavy (non-hydrogen) atoms. The molecule has 0 bridgehead atoms. The highest BCUT2D eigenvalue weighted by atomic mass is 19.4. The summed E-state index contributed by atoms with van der Waals surface area (Å²) in [6.07, 6.45) is 2.30. The Bertz CT molecular complexity index is 1670. The highest BCUT2D eigenvalue weighted by Crippen LogP contribution is 2.45. The molecular formula is C30H30F3N9O. The van der Waals surface area contributed by atoms with Crippen molar-refractivity contribution in [1.82, 2.24) is 34.8 Å². The van der Waals surface area contributed by atoms with Crippen molar-refractivity contribution >= 4 is 5.82 Å². The van der Waals surface area contributed by atoms with Gasteiger partial charge in [-0.3, -0.25) is 0 Å². The van der Waals surface area contributed by atoms with Gasteiger partial charge in [0.2, 0.25) is 5.88 Å². The van der Waals surface area contributed by atoms with Crippen LogP contribution in [0.3, 0.4) is 0 Å². The fraction of sp³-hybridized carbons (Fsp3) is 0.400. The number of hydrogen-bond acceptors (Lipinski definition) is 9. The van der Waals surface area contributed by atoms with Crippen LogP contribution in [0.2, 0.25) is 0 Å². The van der Waals surface area contributed by atoms with Gasteiger partial charge < -0.3 is 19.9 Å². The van der Waals surface area contributed by atoms with E-state index >= 15 is 0 Å². The van der Waals surface area contributed by atoms with E-state index in [9.17, 15) is 13.2 Å². The van der Waals surface area contributed by atoms with Crippen LogP contribution in [-0.4, -0.2) is 49.2 Å². The molecule has 2 aliphatic carbocycles. The predicted molar refractivity (Wildman–Crippen MR) is 152 cm³/mol. The van der Waals surface area contributed by atoms with Gasteiger partial charge in [-0.1, -0.05) is 24.3 Å². The molecule has 10 nitrogen and oxygen atoms in total. The van der Waals surface area contributed by atoms with E-state index in [0.717, 1.165) is 54.4 Å². The molecule has 0 amide bonds. The van der Waals surface area contributed by atoms with E-state index in [-0.39, 0.29) is 18.4 Å². The van der Waals surface area contributed by atoms with Crippen molar-refractivity contribution in [3.63, 3.8) is 0 Å². The summed E-state index contributed by atoms with van der Waals surface area (Å²) in [7, 11) is 3.12. The highest BCUT2D eigenvalue weighted by molar-refractivity contribution is 5.68. The van der Waals surface area contributed by atoms with Gasteiger partial charge in [-0.15, -0.1) is 0 Å². The van der Waals surface area contributed by atoms with Crippen LogP contribution in [0.25, 0.3) is 22.8 Å². The average Bonchev–Trinajstić information content (AvgIpc) is 3.78. The van der Waals surface area contributed by atoms with Gasteiger partial charge in [0.15, 0.2) is 11.5 Å². The number of aryl methyl sites for hydroxylation is 2. The molecule has 2 N–H and O–H groups in total. The molecule has 13 heteroatoms. The van der Waals surface area contributed by atoms with E-state index in [1.165, 1.54) is 10.9 Å². The van der Waals surface area contributed by atoms with Crippen molar-refractivity contribution in [2.75, 3.05) is 19.0 Å². The summed E-state index contributed by atoms with van der Waals surface area (Å²) in [6.45, 7) is 0.684. The number of imidazole rings is 1. The molecule has 6 rings (SSSR count). The Labute approximate surface area is 246 Å². The number of nitriles is 1. The lowest BCUT2D eigenvalue weighted by molar-refractivity contribution is -0.140. The first kappa shape index (κ1) is 28.5. The molecule has 0 aliphatic heterocycles. The maximum Gasteiger partial charge on any atom is 0.434 e. The second-order valence-corrected chi connectivity index (χ2v) is 10.8. The van der Waals surface area contributed by atoms with E-state index in [1.807, 2.05) is 12.1 Å². The molecule has 2 aliphatic rings. The minimum absolute atomic E-state index is 0.123. The Hall–Kier alpha value is -4.57. The largest absolute Gasteiger partial charge is 0.480 e. The fourth-order valence-corrected chi connectivity index (χ4v) is 5.48. The molecule has 222 valence electrons. The third-order valence-corrected chi connectivity index (χ3v) is 7.80. The summed E-state index contributed by atoms with van der Waals surface area (Å²) >= 11 is 0. The number of ether oxygens (including phenoxy) is 1. The standard InChI is InChI=1S/C30H30F3N9O/c1-42-15-23(30(31,32)33)40-28(42)19-5-3-17(4-6-19)14-36-26-21-13-20(35-12-11-34)9-10-22(21)39-27(41-26)24-25(18-7-8-18)37-16-38-29(24)43-2/h3-6,15-16,18,20,35H,7-10,12-14H2,1-2H3,(H,36,39,41). The topological polar surface area (TPSA) is 126 Å². The fourth-order valence-electron chi connectivity index (χ4n) is 5.48. The lowest BCUT2D eigenvalue weighted by Crippen LogP contribution is -2.35. The molecule has 1 unspecified atom stereocenters. The Morgan fingerprint density at radius 2 is 1.88 bits per heavy atom. The van der Waals surface area contributed by atoms with Crippen LogP contribution in [0, 0.1) is 11.3 Å². The van der Waals surface area contributed by atoms with Crippen molar-refractivity contribution in [1.29, 1.82) is 5.26 Å². The molecule has 1 saturated carbocycles. The summed E-state index contributed by atoms with van der Waals surface area (Å²) in [6, 6.07) is 9.50. The number of methoxy groups -OCH3 is 1.